The highest BCUT2D eigenvalue weighted by Gasteiger charge is 2.31. The van der Waals surface area contributed by atoms with Gasteiger partial charge in [-0.15, -0.1) is 0 Å². The van der Waals surface area contributed by atoms with Crippen LogP contribution in [0.1, 0.15) is 29.2 Å². The largest absolute Gasteiger partial charge is 0.497 e. The number of aryl methyl sites for hydroxylation is 1. The van der Waals surface area contributed by atoms with Gasteiger partial charge in [-0.2, -0.15) is 4.37 Å². The highest BCUT2D eigenvalue weighted by atomic mass is 32.1. The minimum atomic E-state index is -0.187. The molecule has 31 heavy (non-hydrogen) atoms. The van der Waals surface area contributed by atoms with Crippen LogP contribution in [0.25, 0.3) is 0 Å². The molecule has 4 rings (SSSR count). The molecule has 0 saturated carbocycles. The standard InChI is InChI=1S/C23H27N5O2S/c1-16-12-22(31-27-16)26-23(29)25-21-9-11-28(14-17-4-3-10-24-13-17)15-20(21)18-5-7-19(30-2)8-6-18/h3-8,10,12-13,20-21H,9,11,14-15H2,1-2H3,(H2,25,26,29)/t20?,21-/m1/s1. The molecule has 162 valence electrons. The number of methoxy groups -OCH3 is 1. The average molecular weight is 438 g/mol. The summed E-state index contributed by atoms with van der Waals surface area (Å²) < 4.78 is 9.54. The minimum absolute atomic E-state index is 0.0348. The van der Waals surface area contributed by atoms with Gasteiger partial charge in [0.05, 0.1) is 12.8 Å². The molecule has 1 aromatic carbocycles. The monoisotopic (exact) mass is 437 g/mol. The second-order valence-corrected chi connectivity index (χ2v) is 8.61. The first-order valence-corrected chi connectivity index (χ1v) is 11.1. The third-order valence-corrected chi connectivity index (χ3v) is 6.35. The van der Waals surface area contributed by atoms with Crippen molar-refractivity contribution in [3.8, 4) is 5.75 Å². The van der Waals surface area contributed by atoms with E-state index in [1.54, 1.807) is 13.3 Å². The van der Waals surface area contributed by atoms with Crippen molar-refractivity contribution in [2.45, 2.75) is 31.8 Å². The summed E-state index contributed by atoms with van der Waals surface area (Å²) >= 11 is 1.29. The molecule has 1 unspecified atom stereocenters. The van der Waals surface area contributed by atoms with E-state index in [9.17, 15) is 4.79 Å². The van der Waals surface area contributed by atoms with Crippen molar-refractivity contribution in [2.75, 3.05) is 25.5 Å². The van der Waals surface area contributed by atoms with E-state index in [2.05, 4.69) is 43.1 Å². The van der Waals surface area contributed by atoms with E-state index in [1.165, 1.54) is 22.7 Å². The Kier molecular flexibility index (Phi) is 6.79. The van der Waals surface area contributed by atoms with Crippen molar-refractivity contribution in [1.29, 1.82) is 0 Å². The number of amides is 2. The van der Waals surface area contributed by atoms with E-state index in [4.69, 9.17) is 4.74 Å². The number of pyridine rings is 1. The number of carbonyl (C=O) groups is 1. The Labute approximate surface area is 186 Å². The Morgan fingerprint density at radius 2 is 2.13 bits per heavy atom. The van der Waals surface area contributed by atoms with Gasteiger partial charge in [-0.3, -0.25) is 15.2 Å². The van der Waals surface area contributed by atoms with Crippen LogP contribution in [0, 0.1) is 6.92 Å². The fraction of sp³-hybridized carbons (Fsp3) is 0.348. The Balaban J connectivity index is 1.48. The Morgan fingerprint density at radius 1 is 1.29 bits per heavy atom. The molecule has 7 nitrogen and oxygen atoms in total. The molecule has 0 bridgehead atoms. The summed E-state index contributed by atoms with van der Waals surface area (Å²) in [6, 6.07) is 13.9. The van der Waals surface area contributed by atoms with Gasteiger partial charge in [-0.05, 0) is 60.3 Å². The molecule has 3 heterocycles. The quantitative estimate of drug-likeness (QED) is 0.609. The van der Waals surface area contributed by atoms with Gasteiger partial charge in [0.2, 0.25) is 0 Å². The lowest BCUT2D eigenvalue weighted by Crippen LogP contribution is -2.50. The highest BCUT2D eigenvalue weighted by Crippen LogP contribution is 2.30. The van der Waals surface area contributed by atoms with E-state index >= 15 is 0 Å². The number of aromatic nitrogens is 2. The van der Waals surface area contributed by atoms with Gasteiger partial charge in [0.25, 0.3) is 0 Å². The van der Waals surface area contributed by atoms with Crippen LogP contribution < -0.4 is 15.4 Å². The van der Waals surface area contributed by atoms with Crippen molar-refractivity contribution in [3.63, 3.8) is 0 Å². The molecule has 0 radical (unpaired) electrons. The normalized spacial score (nSPS) is 19.0. The van der Waals surface area contributed by atoms with E-state index in [0.29, 0.717) is 0 Å². The molecular weight excluding hydrogens is 410 g/mol. The van der Waals surface area contributed by atoms with Gasteiger partial charge in [0.1, 0.15) is 10.8 Å². The summed E-state index contributed by atoms with van der Waals surface area (Å²) in [4.78, 5) is 19.3. The lowest BCUT2D eigenvalue weighted by atomic mass is 9.85. The zero-order valence-electron chi connectivity index (χ0n) is 17.7. The Morgan fingerprint density at radius 3 is 2.81 bits per heavy atom. The van der Waals surface area contributed by atoms with Crippen LogP contribution in [0.3, 0.4) is 0 Å². The predicted molar refractivity (Wildman–Crippen MR) is 123 cm³/mol. The summed E-state index contributed by atoms with van der Waals surface area (Å²) in [6.07, 6.45) is 4.58. The van der Waals surface area contributed by atoms with Crippen LogP contribution in [0.2, 0.25) is 0 Å². The molecule has 2 aromatic heterocycles. The molecule has 0 spiro atoms. The predicted octanol–water partition coefficient (Wildman–Crippen LogP) is 4.03. The van der Waals surface area contributed by atoms with Crippen LogP contribution in [0.5, 0.6) is 5.75 Å². The second-order valence-electron chi connectivity index (χ2n) is 7.80. The summed E-state index contributed by atoms with van der Waals surface area (Å²) in [5.41, 5.74) is 3.29. The number of carbonyl (C=O) groups excluding carboxylic acids is 1. The molecular formula is C23H27N5O2S. The molecule has 1 saturated heterocycles. The summed E-state index contributed by atoms with van der Waals surface area (Å²) in [5.74, 6) is 1.000. The molecule has 2 atom stereocenters. The van der Waals surface area contributed by atoms with Gasteiger partial charge in [-0.25, -0.2) is 4.79 Å². The third kappa shape index (κ3) is 5.59. The maximum Gasteiger partial charge on any atom is 0.320 e. The average Bonchev–Trinajstić information content (AvgIpc) is 3.20. The Hall–Kier alpha value is -2.97. The molecule has 1 aliphatic heterocycles. The molecule has 1 aliphatic rings. The molecule has 0 aliphatic carbocycles. The fourth-order valence-electron chi connectivity index (χ4n) is 4.01. The zero-order chi connectivity index (χ0) is 21.6. The van der Waals surface area contributed by atoms with Crippen LogP contribution in [-0.4, -0.2) is 46.5 Å². The Bertz CT molecular complexity index is 993. The summed E-state index contributed by atoms with van der Waals surface area (Å²) in [7, 11) is 1.67. The smallest absolute Gasteiger partial charge is 0.320 e. The summed E-state index contributed by atoms with van der Waals surface area (Å²) in [6.45, 7) is 4.52. The number of rotatable bonds is 6. The first-order valence-electron chi connectivity index (χ1n) is 10.4. The van der Waals surface area contributed by atoms with Crippen molar-refractivity contribution in [3.05, 3.63) is 71.7 Å². The lowest BCUT2D eigenvalue weighted by Gasteiger charge is -2.39. The van der Waals surface area contributed by atoms with Crippen molar-refractivity contribution >= 4 is 22.6 Å². The first kappa shape index (κ1) is 21.3. The number of nitrogens with zero attached hydrogens (tertiary/aromatic N) is 3. The van der Waals surface area contributed by atoms with Crippen LogP contribution in [0.4, 0.5) is 9.80 Å². The SMILES string of the molecule is COc1ccc(C2CN(Cc3cccnc3)CC[C@H]2NC(=O)Nc2cc(C)ns2)cc1. The molecule has 8 heteroatoms. The van der Waals surface area contributed by atoms with Gasteiger partial charge in [0.15, 0.2) is 0 Å². The molecule has 2 N–H and O–H groups in total. The maximum absolute atomic E-state index is 12.7. The van der Waals surface area contributed by atoms with Gasteiger partial charge in [-0.1, -0.05) is 18.2 Å². The van der Waals surface area contributed by atoms with E-state index < -0.39 is 0 Å². The van der Waals surface area contributed by atoms with Gasteiger partial charge >= 0.3 is 6.03 Å². The molecule has 2 amide bonds. The van der Waals surface area contributed by atoms with Crippen molar-refractivity contribution < 1.29 is 9.53 Å². The number of likely N-dealkylation sites (tertiary alicyclic amines) is 1. The van der Waals surface area contributed by atoms with E-state index in [0.717, 1.165) is 42.5 Å². The molecule has 3 aromatic rings. The molecule has 1 fully saturated rings. The van der Waals surface area contributed by atoms with Gasteiger partial charge in [0, 0.05) is 44.0 Å². The van der Waals surface area contributed by atoms with E-state index in [1.807, 2.05) is 37.4 Å². The van der Waals surface area contributed by atoms with Crippen LogP contribution in [0.15, 0.2) is 54.9 Å². The van der Waals surface area contributed by atoms with Crippen molar-refractivity contribution in [2.24, 2.45) is 0 Å². The fourth-order valence-corrected chi connectivity index (χ4v) is 4.67. The summed E-state index contributed by atoms with van der Waals surface area (Å²) in [5, 5.41) is 6.87. The van der Waals surface area contributed by atoms with Crippen LogP contribution in [-0.2, 0) is 6.54 Å². The van der Waals surface area contributed by atoms with Crippen LogP contribution >= 0.6 is 11.5 Å². The number of ether oxygens (including phenoxy) is 1. The lowest BCUT2D eigenvalue weighted by molar-refractivity contribution is 0.168. The second kappa shape index (κ2) is 9.89. The zero-order valence-corrected chi connectivity index (χ0v) is 18.6. The number of piperidine rings is 1. The first-order chi connectivity index (χ1) is 15.1. The minimum Gasteiger partial charge on any atom is -0.497 e. The number of hydrogen-bond acceptors (Lipinski definition) is 6. The third-order valence-electron chi connectivity index (χ3n) is 5.55. The van der Waals surface area contributed by atoms with Gasteiger partial charge < -0.3 is 10.1 Å². The topological polar surface area (TPSA) is 79.4 Å². The number of nitrogens with one attached hydrogen (secondary N) is 2. The number of benzene rings is 1. The van der Waals surface area contributed by atoms with Crippen molar-refractivity contribution in [1.82, 2.24) is 19.6 Å². The van der Waals surface area contributed by atoms with E-state index in [-0.39, 0.29) is 18.0 Å². The number of urea groups is 1. The highest BCUT2D eigenvalue weighted by molar-refractivity contribution is 7.10. The maximum atomic E-state index is 12.7. The number of hydrogen-bond donors (Lipinski definition) is 2. The number of anilines is 1.